The monoisotopic (exact) mass is 1520 g/mol. The molecule has 4 heterocycles. The van der Waals surface area contributed by atoms with Crippen LogP contribution >= 0.6 is 0 Å². The molecule has 19 aromatic rings. The number of amidine groups is 2. The van der Waals surface area contributed by atoms with Crippen molar-refractivity contribution < 1.29 is 0 Å². The zero-order valence-corrected chi connectivity index (χ0v) is 64.6. The number of aliphatic imine (C=N–C) groups is 2. The molecule has 2 aliphatic heterocycles. The average Bonchev–Trinajstić information content (AvgIpc) is 1.57. The second kappa shape index (κ2) is 31.0. The summed E-state index contributed by atoms with van der Waals surface area (Å²) in [4.78, 5) is 16.1. The van der Waals surface area contributed by atoms with Crippen LogP contribution in [0.3, 0.4) is 0 Å². The van der Waals surface area contributed by atoms with Gasteiger partial charge in [-0.15, -0.1) is 0 Å². The van der Waals surface area contributed by atoms with Crippen LogP contribution in [-0.4, -0.2) is 20.8 Å². The number of aromatic nitrogens is 2. The number of para-hydroxylation sites is 7. The third-order valence-corrected chi connectivity index (χ3v) is 23.1. The van der Waals surface area contributed by atoms with E-state index in [1.165, 1.54) is 21.9 Å². The molecular weight excluding hydrogens is 1440 g/mol. The van der Waals surface area contributed by atoms with Crippen LogP contribution in [0.2, 0.25) is 0 Å². The first-order valence-corrected chi connectivity index (χ1v) is 40.4. The van der Waals surface area contributed by atoms with Gasteiger partial charge in [0.2, 0.25) is 0 Å². The van der Waals surface area contributed by atoms with E-state index in [-0.39, 0.29) is 0 Å². The largest absolute Gasteiger partial charge is 0.337 e. The number of hydrogen-bond acceptors (Lipinski definition) is 8. The molecule has 0 spiro atoms. The summed E-state index contributed by atoms with van der Waals surface area (Å²) in [5, 5.41) is 20.9. The topological polar surface area (TPSA) is 89.2 Å². The van der Waals surface area contributed by atoms with Crippen LogP contribution in [0.15, 0.2) is 447 Å². The highest BCUT2D eigenvalue weighted by Gasteiger charge is 2.33. The predicted molar refractivity (Wildman–Crippen MR) is 489 cm³/mol. The summed E-state index contributed by atoms with van der Waals surface area (Å²) in [7, 11) is 0. The molecule has 0 saturated heterocycles. The molecule has 562 valence electrons. The third kappa shape index (κ3) is 13.3. The number of fused-ring (bicyclic) bond motifs is 6. The van der Waals surface area contributed by atoms with Crippen LogP contribution in [0.5, 0.6) is 0 Å². The maximum Gasteiger partial charge on any atom is 0.162 e. The maximum absolute atomic E-state index is 5.82. The Bertz CT molecular complexity index is 6870. The summed E-state index contributed by atoms with van der Waals surface area (Å²) in [5.74, 6) is 1.55. The number of rotatable bonds is 18. The summed E-state index contributed by atoms with van der Waals surface area (Å²) in [6, 6.07) is 157. The number of hydrogen-bond donors (Lipinski definition) is 4. The van der Waals surface area contributed by atoms with Crippen molar-refractivity contribution in [1.82, 2.24) is 30.4 Å². The van der Waals surface area contributed by atoms with E-state index in [0.717, 1.165) is 157 Å². The fraction of sp³-hybridized carbons (Fsp3) is 0.0370. The van der Waals surface area contributed by atoms with Crippen LogP contribution in [-0.2, 0) is 0 Å². The highest BCUT2D eigenvalue weighted by Crippen LogP contribution is 2.47. The molecule has 4 atom stereocenters. The van der Waals surface area contributed by atoms with E-state index in [0.29, 0.717) is 0 Å². The summed E-state index contributed by atoms with van der Waals surface area (Å²) >= 11 is 0. The van der Waals surface area contributed by atoms with Gasteiger partial charge < -0.3 is 29.6 Å². The number of nitrogens with zero attached hydrogens (tertiary/aromatic N) is 6. The normalized spacial score (nSPS) is 15.3. The fourth-order valence-corrected chi connectivity index (χ4v) is 17.6. The number of nitrogens with one attached hydrogen (secondary N) is 4. The predicted octanol–water partition coefficient (Wildman–Crippen LogP) is 26.4. The number of benzene rings is 17. The molecule has 0 saturated carbocycles. The summed E-state index contributed by atoms with van der Waals surface area (Å²) < 4.78 is 4.92. The molecule has 118 heavy (non-hydrogen) atoms. The van der Waals surface area contributed by atoms with Crippen molar-refractivity contribution in [2.24, 2.45) is 9.98 Å². The van der Waals surface area contributed by atoms with E-state index in [4.69, 9.17) is 9.98 Å². The first kappa shape index (κ1) is 70.6. The molecule has 2 aromatic heterocycles. The highest BCUT2D eigenvalue weighted by atomic mass is 15.4. The van der Waals surface area contributed by atoms with Gasteiger partial charge in [-0.05, 0) is 176 Å². The van der Waals surface area contributed by atoms with Crippen molar-refractivity contribution >= 4 is 89.4 Å². The minimum Gasteiger partial charge on any atom is -0.337 e. The molecule has 10 nitrogen and oxygen atoms in total. The van der Waals surface area contributed by atoms with Gasteiger partial charge in [-0.25, -0.2) is 9.98 Å². The van der Waals surface area contributed by atoms with Gasteiger partial charge in [0.05, 0.1) is 27.8 Å². The molecule has 4 N–H and O–H groups in total. The first-order chi connectivity index (χ1) is 58.5. The Kier molecular flexibility index (Phi) is 18.5. The van der Waals surface area contributed by atoms with Crippen molar-refractivity contribution in [3.63, 3.8) is 0 Å². The third-order valence-electron chi connectivity index (χ3n) is 23.1. The molecule has 0 amide bonds. The van der Waals surface area contributed by atoms with Crippen molar-refractivity contribution in [2.45, 2.75) is 24.9 Å². The average molecular weight is 1520 g/mol. The molecule has 2 aliphatic rings. The summed E-state index contributed by atoms with van der Waals surface area (Å²) in [6.07, 6.45) is -1.97. The lowest BCUT2D eigenvalue weighted by Crippen LogP contribution is -2.47. The molecule has 0 aliphatic carbocycles. The summed E-state index contributed by atoms with van der Waals surface area (Å²) in [6.45, 7) is 0. The van der Waals surface area contributed by atoms with Gasteiger partial charge >= 0.3 is 0 Å². The molecule has 4 unspecified atom stereocenters. The standard InChI is InChI=1S/C108H80N10/c1-8-33-73(34-9-1)77-39-28-42-81(69-77)92-58-31-59-93-96-72-79(65-68-99(96)118(102(92)93)108-111-103(76-37-12-3-13-38-76)109-104(113-108)83-44-30-41-80(71-83)90-54-24-26-60-97(90)116(86-49-18-6-19-50-86)87-51-20-7-21-52-87)78-40-29-43-82(70-78)105-110-106(114-107(112-105)117-98-61-27-25-56-95(98)101-91(57-32-62-100(101)117)74-35-10-2-11-36-74)94-55-23-22-53-89(94)75-63-66-88(67-64-75)115(84-45-14-4-15-46-84)85-47-16-5-17-48-85/h1-72,104,106-108,113-114H,(H,109,111)(H,110,112). The molecule has 10 heteroatoms. The van der Waals surface area contributed by atoms with Crippen molar-refractivity contribution in [3.05, 3.63) is 459 Å². The van der Waals surface area contributed by atoms with Crippen LogP contribution in [0.4, 0.5) is 34.1 Å². The van der Waals surface area contributed by atoms with Gasteiger partial charge in [-0.2, -0.15) is 0 Å². The Morgan fingerprint density at radius 3 is 1.34 bits per heavy atom. The summed E-state index contributed by atoms with van der Waals surface area (Å²) in [5.41, 5.74) is 28.1. The second-order valence-electron chi connectivity index (χ2n) is 30.1. The van der Waals surface area contributed by atoms with E-state index in [1.54, 1.807) is 0 Å². The molecule has 0 radical (unpaired) electrons. The Balaban J connectivity index is 0.696. The van der Waals surface area contributed by atoms with Crippen molar-refractivity contribution in [1.29, 1.82) is 0 Å². The Hall–Kier alpha value is -15.2. The van der Waals surface area contributed by atoms with E-state index < -0.39 is 24.9 Å². The Morgan fingerprint density at radius 2 is 0.653 bits per heavy atom. The van der Waals surface area contributed by atoms with Gasteiger partial charge in [0.15, 0.2) is 12.6 Å². The molecule has 21 rings (SSSR count). The van der Waals surface area contributed by atoms with E-state index in [9.17, 15) is 0 Å². The van der Waals surface area contributed by atoms with E-state index in [1.807, 2.05) is 0 Å². The lowest BCUT2D eigenvalue weighted by Gasteiger charge is -2.34. The lowest BCUT2D eigenvalue weighted by molar-refractivity contribution is 0.329. The Morgan fingerprint density at radius 1 is 0.237 bits per heavy atom. The van der Waals surface area contributed by atoms with Crippen LogP contribution < -0.4 is 31.1 Å². The van der Waals surface area contributed by atoms with Crippen LogP contribution in [0.25, 0.3) is 110 Å². The van der Waals surface area contributed by atoms with Crippen LogP contribution in [0, 0.1) is 0 Å². The van der Waals surface area contributed by atoms with Crippen LogP contribution in [0.1, 0.15) is 47.2 Å². The molecular formula is C108H80N10. The van der Waals surface area contributed by atoms with E-state index in [2.05, 4.69) is 477 Å². The minimum absolute atomic E-state index is 0.467. The van der Waals surface area contributed by atoms with Gasteiger partial charge in [0.1, 0.15) is 24.0 Å². The number of anilines is 6. The van der Waals surface area contributed by atoms with Gasteiger partial charge in [0, 0.05) is 72.2 Å². The molecule has 0 bridgehead atoms. The second-order valence-corrected chi connectivity index (χ2v) is 30.1. The Labute approximate surface area is 685 Å². The fourth-order valence-electron chi connectivity index (χ4n) is 17.6. The van der Waals surface area contributed by atoms with E-state index >= 15 is 0 Å². The molecule has 17 aromatic carbocycles. The SMILES string of the molecule is c1ccc(C2=NC(c3cccc(-c4ccccc4N(c4ccccc4)c4ccccc4)c3)NC(n3c4ccc(-c5cccc(C6=NC(c7ccccc7-c7ccc(N(c8ccccc8)c8ccccc8)cc7)NC(n7c8ccccc8c8c(-c9ccccc9)cccc87)N6)c5)cc4c4cccc(-c5cccc(-c6ccccc6)c5)c43)N2)cc1. The zero-order chi connectivity index (χ0) is 78.2. The zero-order valence-electron chi connectivity index (χ0n) is 64.6. The first-order valence-electron chi connectivity index (χ1n) is 40.4. The maximum atomic E-state index is 5.82. The van der Waals surface area contributed by atoms with Crippen molar-refractivity contribution in [2.75, 3.05) is 9.80 Å². The van der Waals surface area contributed by atoms with Gasteiger partial charge in [-0.3, -0.25) is 10.6 Å². The smallest absolute Gasteiger partial charge is 0.162 e. The minimum atomic E-state index is -0.508. The highest BCUT2D eigenvalue weighted by molar-refractivity contribution is 6.16. The van der Waals surface area contributed by atoms with Crippen molar-refractivity contribution in [3.8, 4) is 66.8 Å². The van der Waals surface area contributed by atoms with Gasteiger partial charge in [-0.1, -0.05) is 328 Å². The quantitative estimate of drug-likeness (QED) is 0.0685. The lowest BCUT2D eigenvalue weighted by atomic mass is 9.96. The van der Waals surface area contributed by atoms with Gasteiger partial charge in [0.25, 0.3) is 0 Å². The molecule has 0 fully saturated rings.